The van der Waals surface area contributed by atoms with E-state index < -0.39 is 0 Å². The van der Waals surface area contributed by atoms with Crippen LogP contribution in [-0.4, -0.2) is 47.3 Å². The Morgan fingerprint density at radius 2 is 1.79 bits per heavy atom. The van der Waals surface area contributed by atoms with Crippen molar-refractivity contribution >= 4 is 5.91 Å². The molecule has 0 bridgehead atoms. The van der Waals surface area contributed by atoms with Crippen LogP contribution in [0.4, 0.5) is 0 Å². The summed E-state index contributed by atoms with van der Waals surface area (Å²) in [6.45, 7) is 3.12. The maximum absolute atomic E-state index is 12.7. The van der Waals surface area contributed by atoms with Gasteiger partial charge in [0.2, 0.25) is 11.8 Å². The molecular weight excluding hydrogens is 366 g/mol. The van der Waals surface area contributed by atoms with Gasteiger partial charge in [0.05, 0.1) is 12.5 Å². The first-order valence-electron chi connectivity index (χ1n) is 12.0. The summed E-state index contributed by atoms with van der Waals surface area (Å²) in [5.74, 6) is 3.44. The Balaban J connectivity index is 1.19. The van der Waals surface area contributed by atoms with Gasteiger partial charge in [-0.1, -0.05) is 43.7 Å². The molecule has 29 heavy (non-hydrogen) atoms. The van der Waals surface area contributed by atoms with Crippen LogP contribution in [0, 0.1) is 11.8 Å². The van der Waals surface area contributed by atoms with Crippen molar-refractivity contribution in [2.24, 2.45) is 11.8 Å². The fourth-order valence-corrected chi connectivity index (χ4v) is 5.32. The van der Waals surface area contributed by atoms with Gasteiger partial charge in [-0.3, -0.25) is 4.79 Å². The molecule has 1 amide bonds. The molecule has 1 aliphatic heterocycles. The summed E-state index contributed by atoms with van der Waals surface area (Å²) >= 11 is 0. The van der Waals surface area contributed by atoms with E-state index in [1.54, 1.807) is 0 Å². The first kappa shape index (κ1) is 20.8. The predicted molar refractivity (Wildman–Crippen MR) is 111 cm³/mol. The second-order valence-corrected chi connectivity index (χ2v) is 9.39. The molecule has 2 saturated carbocycles. The fourth-order valence-electron chi connectivity index (χ4n) is 5.32. The van der Waals surface area contributed by atoms with E-state index in [0.29, 0.717) is 31.2 Å². The summed E-state index contributed by atoms with van der Waals surface area (Å²) < 4.78 is 11.4. The molecule has 4 rings (SSSR count). The molecule has 162 valence electrons. The molecule has 0 radical (unpaired) electrons. The molecular formula is C23H37N3O3. The third-order valence-electron chi connectivity index (χ3n) is 7.15. The maximum atomic E-state index is 12.7. The SMILES string of the molecule is O=C(CCC1CCCC1)N1CCCC(c2nc(CCOCC3CCCC3)no2)C1. The van der Waals surface area contributed by atoms with Gasteiger partial charge in [-0.2, -0.15) is 4.98 Å². The van der Waals surface area contributed by atoms with E-state index in [-0.39, 0.29) is 5.92 Å². The van der Waals surface area contributed by atoms with Gasteiger partial charge in [0.1, 0.15) is 0 Å². The van der Waals surface area contributed by atoms with E-state index in [1.807, 2.05) is 4.90 Å². The van der Waals surface area contributed by atoms with Gasteiger partial charge in [0.25, 0.3) is 0 Å². The van der Waals surface area contributed by atoms with Crippen LogP contribution in [-0.2, 0) is 16.0 Å². The maximum Gasteiger partial charge on any atom is 0.231 e. The van der Waals surface area contributed by atoms with E-state index in [0.717, 1.165) is 56.6 Å². The van der Waals surface area contributed by atoms with E-state index in [4.69, 9.17) is 9.26 Å². The molecule has 3 fully saturated rings. The normalized spacial score (nSPS) is 23.9. The van der Waals surface area contributed by atoms with Crippen molar-refractivity contribution in [2.45, 2.75) is 89.4 Å². The van der Waals surface area contributed by atoms with Gasteiger partial charge in [0, 0.05) is 32.5 Å². The predicted octanol–water partition coefficient (Wildman–Crippen LogP) is 4.50. The molecule has 0 N–H and O–H groups in total. The molecule has 2 aliphatic carbocycles. The molecule has 1 aromatic heterocycles. The van der Waals surface area contributed by atoms with E-state index in [9.17, 15) is 4.79 Å². The van der Waals surface area contributed by atoms with Crippen molar-refractivity contribution in [1.82, 2.24) is 15.0 Å². The van der Waals surface area contributed by atoms with Crippen molar-refractivity contribution in [3.05, 3.63) is 11.7 Å². The Labute approximate surface area is 174 Å². The third kappa shape index (κ3) is 6.03. The van der Waals surface area contributed by atoms with Crippen LogP contribution in [0.5, 0.6) is 0 Å². The van der Waals surface area contributed by atoms with E-state index >= 15 is 0 Å². The Kier molecular flexibility index (Phi) is 7.58. The second kappa shape index (κ2) is 10.6. The lowest BCUT2D eigenvalue weighted by Gasteiger charge is -2.31. The largest absolute Gasteiger partial charge is 0.381 e. The number of carbonyl (C=O) groups excluding carboxylic acids is 1. The number of nitrogens with zero attached hydrogens (tertiary/aromatic N) is 3. The highest BCUT2D eigenvalue weighted by molar-refractivity contribution is 5.76. The lowest BCUT2D eigenvalue weighted by atomic mass is 9.96. The first-order valence-corrected chi connectivity index (χ1v) is 12.0. The van der Waals surface area contributed by atoms with Crippen LogP contribution < -0.4 is 0 Å². The standard InChI is InChI=1S/C23H37N3O3/c27-22(12-11-18-6-1-2-7-18)26-14-5-10-20(16-26)23-24-21(25-29-23)13-15-28-17-19-8-3-4-9-19/h18-20H,1-17H2. The van der Waals surface area contributed by atoms with Crippen LogP contribution in [0.2, 0.25) is 0 Å². The highest BCUT2D eigenvalue weighted by Gasteiger charge is 2.29. The van der Waals surface area contributed by atoms with Crippen LogP contribution in [0.15, 0.2) is 4.52 Å². The van der Waals surface area contributed by atoms with Gasteiger partial charge < -0.3 is 14.2 Å². The summed E-state index contributed by atoms with van der Waals surface area (Å²) in [4.78, 5) is 19.3. The van der Waals surface area contributed by atoms with Gasteiger partial charge in [0.15, 0.2) is 5.82 Å². The van der Waals surface area contributed by atoms with Crippen molar-refractivity contribution in [1.29, 1.82) is 0 Å². The van der Waals surface area contributed by atoms with Crippen LogP contribution >= 0.6 is 0 Å². The highest BCUT2D eigenvalue weighted by Crippen LogP contribution is 2.30. The van der Waals surface area contributed by atoms with Crippen molar-refractivity contribution in [3.8, 4) is 0 Å². The van der Waals surface area contributed by atoms with Crippen molar-refractivity contribution < 1.29 is 14.1 Å². The highest BCUT2D eigenvalue weighted by atomic mass is 16.5. The van der Waals surface area contributed by atoms with Crippen LogP contribution in [0.3, 0.4) is 0 Å². The number of rotatable bonds is 9. The number of amides is 1. The summed E-state index contributed by atoms with van der Waals surface area (Å²) in [6, 6.07) is 0. The Morgan fingerprint density at radius 1 is 1.03 bits per heavy atom. The Bertz CT molecular complexity index is 635. The quantitative estimate of drug-likeness (QED) is 0.568. The van der Waals surface area contributed by atoms with E-state index in [2.05, 4.69) is 10.1 Å². The van der Waals surface area contributed by atoms with Gasteiger partial charge >= 0.3 is 0 Å². The summed E-state index contributed by atoms with van der Waals surface area (Å²) in [5, 5.41) is 4.15. The fraction of sp³-hybridized carbons (Fsp3) is 0.870. The molecule has 1 aromatic rings. The summed E-state index contributed by atoms with van der Waals surface area (Å²) in [7, 11) is 0. The number of hydrogen-bond acceptors (Lipinski definition) is 5. The molecule has 6 heteroatoms. The minimum absolute atomic E-state index is 0.180. The first-order chi connectivity index (χ1) is 14.3. The average Bonchev–Trinajstić information content (AvgIpc) is 3.52. The van der Waals surface area contributed by atoms with E-state index in [1.165, 1.54) is 51.4 Å². The van der Waals surface area contributed by atoms with Crippen molar-refractivity contribution in [3.63, 3.8) is 0 Å². The summed E-state index contributed by atoms with van der Waals surface area (Å²) in [5.41, 5.74) is 0. The number of piperidine rings is 1. The zero-order chi connectivity index (χ0) is 19.9. The molecule has 0 aromatic carbocycles. The molecule has 0 spiro atoms. The molecule has 3 aliphatic rings. The monoisotopic (exact) mass is 403 g/mol. The smallest absolute Gasteiger partial charge is 0.231 e. The minimum atomic E-state index is 0.180. The lowest BCUT2D eigenvalue weighted by molar-refractivity contribution is -0.132. The third-order valence-corrected chi connectivity index (χ3v) is 7.15. The van der Waals surface area contributed by atoms with Gasteiger partial charge in [-0.15, -0.1) is 0 Å². The number of likely N-dealkylation sites (tertiary alicyclic amines) is 1. The van der Waals surface area contributed by atoms with Crippen LogP contribution in [0.25, 0.3) is 0 Å². The molecule has 6 nitrogen and oxygen atoms in total. The second-order valence-electron chi connectivity index (χ2n) is 9.39. The van der Waals surface area contributed by atoms with Gasteiger partial charge in [-0.25, -0.2) is 0 Å². The van der Waals surface area contributed by atoms with Crippen molar-refractivity contribution in [2.75, 3.05) is 26.3 Å². The lowest BCUT2D eigenvalue weighted by Crippen LogP contribution is -2.39. The van der Waals surface area contributed by atoms with Gasteiger partial charge in [-0.05, 0) is 43.9 Å². The summed E-state index contributed by atoms with van der Waals surface area (Å²) in [6.07, 6.45) is 15.1. The minimum Gasteiger partial charge on any atom is -0.381 e. The Hall–Kier alpha value is -1.43. The topological polar surface area (TPSA) is 68.5 Å². The van der Waals surface area contributed by atoms with Crippen LogP contribution in [0.1, 0.15) is 94.7 Å². The number of hydrogen-bond donors (Lipinski definition) is 0. The zero-order valence-corrected chi connectivity index (χ0v) is 17.8. The molecule has 2 heterocycles. The number of carbonyl (C=O) groups is 1. The number of aromatic nitrogens is 2. The average molecular weight is 404 g/mol. The molecule has 1 unspecified atom stereocenters. The molecule has 1 atom stereocenters. The number of ether oxygens (including phenoxy) is 1. The Morgan fingerprint density at radius 3 is 2.59 bits per heavy atom. The zero-order valence-electron chi connectivity index (χ0n) is 17.8. The molecule has 1 saturated heterocycles.